The lowest BCUT2D eigenvalue weighted by Crippen LogP contribution is -2.25. The molecule has 0 atom stereocenters. The Morgan fingerprint density at radius 3 is 2.54 bits per heavy atom. The van der Waals surface area contributed by atoms with E-state index in [0.717, 1.165) is 5.56 Å². The first-order chi connectivity index (χ1) is 13.6. The molecule has 28 heavy (non-hydrogen) atoms. The molecular weight excluding hydrogens is 379 g/mol. The van der Waals surface area contributed by atoms with Crippen molar-refractivity contribution < 1.29 is 18.4 Å². The molecule has 0 aliphatic heterocycles. The number of para-hydroxylation sites is 1. The molecule has 1 aromatic heterocycles. The number of halogens is 1. The van der Waals surface area contributed by atoms with Gasteiger partial charge in [0.25, 0.3) is 5.91 Å². The zero-order valence-corrected chi connectivity index (χ0v) is 15.8. The van der Waals surface area contributed by atoms with Gasteiger partial charge in [-0.2, -0.15) is 0 Å². The first-order valence-electron chi connectivity index (χ1n) is 8.63. The predicted molar refractivity (Wildman–Crippen MR) is 108 cm³/mol. The summed E-state index contributed by atoms with van der Waals surface area (Å²) in [6.45, 7) is 0.266. The third-order valence-electron chi connectivity index (χ3n) is 3.86. The Hall–Kier alpha value is -3.06. The van der Waals surface area contributed by atoms with Gasteiger partial charge in [-0.3, -0.25) is 9.59 Å². The second kappa shape index (κ2) is 9.75. The zero-order chi connectivity index (χ0) is 19.8. The lowest BCUT2D eigenvalue weighted by atomic mass is 10.1. The van der Waals surface area contributed by atoms with Crippen molar-refractivity contribution >= 4 is 29.3 Å². The first kappa shape index (κ1) is 19.7. The van der Waals surface area contributed by atoms with E-state index in [1.54, 1.807) is 54.8 Å². The van der Waals surface area contributed by atoms with Crippen LogP contribution in [0, 0.1) is 5.82 Å². The highest BCUT2D eigenvalue weighted by Crippen LogP contribution is 2.17. The predicted octanol–water partition coefficient (Wildman–Crippen LogP) is 4.22. The highest BCUT2D eigenvalue weighted by molar-refractivity contribution is 7.99. The second-order valence-electron chi connectivity index (χ2n) is 5.98. The van der Waals surface area contributed by atoms with E-state index in [4.69, 9.17) is 4.42 Å². The molecule has 0 bridgehead atoms. The fraction of sp³-hybridized carbons (Fsp3) is 0.143. The van der Waals surface area contributed by atoms with Crippen LogP contribution < -0.4 is 10.6 Å². The van der Waals surface area contributed by atoms with Gasteiger partial charge < -0.3 is 15.1 Å². The maximum atomic E-state index is 12.9. The quantitative estimate of drug-likeness (QED) is 0.596. The van der Waals surface area contributed by atoms with Gasteiger partial charge >= 0.3 is 0 Å². The van der Waals surface area contributed by atoms with E-state index >= 15 is 0 Å². The third-order valence-corrected chi connectivity index (χ3v) is 4.87. The van der Waals surface area contributed by atoms with Crippen molar-refractivity contribution in [3.8, 4) is 0 Å². The largest absolute Gasteiger partial charge is 0.467 e. The Morgan fingerprint density at radius 1 is 1.00 bits per heavy atom. The van der Waals surface area contributed by atoms with Crippen molar-refractivity contribution in [3.63, 3.8) is 0 Å². The maximum absolute atomic E-state index is 12.9. The standard InChI is InChI=1S/C21H19FN2O3S/c22-16-9-7-15(8-10-16)13-28-14-20(25)24-19-6-2-1-5-18(19)21(26)23-12-17-4-3-11-27-17/h1-11H,12-14H2,(H,23,26)(H,24,25). The van der Waals surface area contributed by atoms with Crippen LogP contribution in [0.3, 0.4) is 0 Å². The van der Waals surface area contributed by atoms with Crippen molar-refractivity contribution in [1.29, 1.82) is 0 Å². The number of hydrogen-bond donors (Lipinski definition) is 2. The van der Waals surface area contributed by atoms with Crippen molar-refractivity contribution in [3.05, 3.63) is 89.6 Å². The molecule has 7 heteroatoms. The lowest BCUT2D eigenvalue weighted by molar-refractivity contribution is -0.113. The SMILES string of the molecule is O=C(CSCc1ccc(F)cc1)Nc1ccccc1C(=O)NCc1ccco1. The molecule has 0 radical (unpaired) electrons. The van der Waals surface area contributed by atoms with Gasteiger partial charge in [0.1, 0.15) is 11.6 Å². The van der Waals surface area contributed by atoms with Gasteiger partial charge in [0.05, 0.1) is 29.8 Å². The minimum atomic E-state index is -0.300. The van der Waals surface area contributed by atoms with Crippen LogP contribution in [0.25, 0.3) is 0 Å². The molecule has 3 aromatic rings. The van der Waals surface area contributed by atoms with E-state index < -0.39 is 0 Å². The van der Waals surface area contributed by atoms with Gasteiger partial charge in [-0.15, -0.1) is 11.8 Å². The number of furan rings is 1. The van der Waals surface area contributed by atoms with Gasteiger partial charge in [0.15, 0.2) is 0 Å². The molecule has 3 rings (SSSR count). The van der Waals surface area contributed by atoms with E-state index in [9.17, 15) is 14.0 Å². The smallest absolute Gasteiger partial charge is 0.253 e. The third kappa shape index (κ3) is 5.72. The Kier molecular flexibility index (Phi) is 6.86. The van der Waals surface area contributed by atoms with Crippen molar-refractivity contribution in [1.82, 2.24) is 5.32 Å². The molecule has 0 fully saturated rings. The second-order valence-corrected chi connectivity index (χ2v) is 6.96. The number of nitrogens with one attached hydrogen (secondary N) is 2. The molecule has 0 saturated heterocycles. The molecule has 0 spiro atoms. The summed E-state index contributed by atoms with van der Waals surface area (Å²) < 4.78 is 18.1. The van der Waals surface area contributed by atoms with Crippen LogP contribution in [0.1, 0.15) is 21.7 Å². The minimum Gasteiger partial charge on any atom is -0.467 e. The normalized spacial score (nSPS) is 10.5. The van der Waals surface area contributed by atoms with Crippen LogP contribution in [-0.2, 0) is 17.1 Å². The van der Waals surface area contributed by atoms with Crippen LogP contribution in [0.5, 0.6) is 0 Å². The molecule has 2 amide bonds. The summed E-state index contributed by atoms with van der Waals surface area (Å²) in [5, 5.41) is 5.54. The van der Waals surface area contributed by atoms with Gasteiger partial charge in [0, 0.05) is 5.75 Å². The molecule has 0 aliphatic rings. The Morgan fingerprint density at radius 2 is 1.79 bits per heavy atom. The lowest BCUT2D eigenvalue weighted by Gasteiger charge is -2.11. The van der Waals surface area contributed by atoms with Crippen LogP contribution in [-0.4, -0.2) is 17.6 Å². The molecular formula is C21H19FN2O3S. The fourth-order valence-electron chi connectivity index (χ4n) is 2.49. The molecule has 2 aromatic carbocycles. The number of rotatable bonds is 8. The summed E-state index contributed by atoms with van der Waals surface area (Å²) in [4.78, 5) is 24.7. The van der Waals surface area contributed by atoms with Crippen LogP contribution in [0.15, 0.2) is 71.3 Å². The molecule has 0 saturated carbocycles. The fourth-order valence-corrected chi connectivity index (χ4v) is 3.28. The molecule has 1 heterocycles. The van der Waals surface area contributed by atoms with Gasteiger partial charge in [-0.1, -0.05) is 24.3 Å². The number of anilines is 1. The minimum absolute atomic E-state index is 0.210. The molecule has 0 aliphatic carbocycles. The van der Waals surface area contributed by atoms with Crippen molar-refractivity contribution in [2.45, 2.75) is 12.3 Å². The highest BCUT2D eigenvalue weighted by atomic mass is 32.2. The summed E-state index contributed by atoms with van der Waals surface area (Å²) in [5.74, 6) is 0.670. The van der Waals surface area contributed by atoms with E-state index in [2.05, 4.69) is 10.6 Å². The monoisotopic (exact) mass is 398 g/mol. The summed E-state index contributed by atoms with van der Waals surface area (Å²) in [6.07, 6.45) is 1.54. The average Bonchev–Trinajstić information content (AvgIpc) is 3.22. The molecule has 2 N–H and O–H groups in total. The van der Waals surface area contributed by atoms with E-state index in [1.807, 2.05) is 0 Å². The molecule has 5 nitrogen and oxygen atoms in total. The Balaban J connectivity index is 1.52. The number of carbonyl (C=O) groups is 2. The summed E-state index contributed by atoms with van der Waals surface area (Å²) in [6, 6.07) is 16.5. The molecule has 0 unspecified atom stereocenters. The number of benzene rings is 2. The summed E-state index contributed by atoms with van der Waals surface area (Å²) in [5.41, 5.74) is 1.77. The van der Waals surface area contributed by atoms with E-state index in [0.29, 0.717) is 22.8 Å². The maximum Gasteiger partial charge on any atom is 0.253 e. The summed E-state index contributed by atoms with van der Waals surface area (Å²) >= 11 is 1.41. The van der Waals surface area contributed by atoms with Crippen molar-refractivity contribution in [2.75, 3.05) is 11.1 Å². The highest BCUT2D eigenvalue weighted by Gasteiger charge is 2.13. The van der Waals surface area contributed by atoms with E-state index in [-0.39, 0.29) is 29.9 Å². The number of thioether (sulfide) groups is 1. The van der Waals surface area contributed by atoms with E-state index in [1.165, 1.54) is 23.9 Å². The molecule has 144 valence electrons. The van der Waals surface area contributed by atoms with Crippen molar-refractivity contribution in [2.24, 2.45) is 0 Å². The van der Waals surface area contributed by atoms with Gasteiger partial charge in [-0.25, -0.2) is 4.39 Å². The first-order valence-corrected chi connectivity index (χ1v) is 9.79. The average molecular weight is 398 g/mol. The number of amides is 2. The Bertz CT molecular complexity index is 927. The van der Waals surface area contributed by atoms with Crippen LogP contribution in [0.2, 0.25) is 0 Å². The topological polar surface area (TPSA) is 71.3 Å². The van der Waals surface area contributed by atoms with Crippen LogP contribution in [0.4, 0.5) is 10.1 Å². The Labute approximate surface area is 166 Å². The number of carbonyl (C=O) groups excluding carboxylic acids is 2. The number of hydrogen-bond acceptors (Lipinski definition) is 4. The van der Waals surface area contributed by atoms with Gasteiger partial charge in [0.2, 0.25) is 5.91 Å². The van der Waals surface area contributed by atoms with Gasteiger partial charge in [-0.05, 0) is 42.0 Å². The van der Waals surface area contributed by atoms with Crippen LogP contribution >= 0.6 is 11.8 Å². The summed E-state index contributed by atoms with van der Waals surface area (Å²) in [7, 11) is 0. The zero-order valence-electron chi connectivity index (χ0n) is 15.0.